The average molecular weight is 236 g/mol. The lowest BCUT2D eigenvalue weighted by Gasteiger charge is -2.58. The molecule has 2 aliphatic carbocycles. The Kier molecular flexibility index (Phi) is 3.42. The second-order valence-electron chi connectivity index (χ2n) is 6.85. The van der Waals surface area contributed by atoms with E-state index >= 15 is 0 Å². The minimum atomic E-state index is 0.331. The molecule has 1 N–H and O–H groups in total. The van der Waals surface area contributed by atoms with Crippen molar-refractivity contribution in [2.24, 2.45) is 22.7 Å². The van der Waals surface area contributed by atoms with E-state index < -0.39 is 0 Å². The van der Waals surface area contributed by atoms with Crippen LogP contribution in [0, 0.1) is 22.7 Å². The summed E-state index contributed by atoms with van der Waals surface area (Å²) in [5.41, 5.74) is 2.33. The van der Waals surface area contributed by atoms with E-state index in [0.29, 0.717) is 17.4 Å². The van der Waals surface area contributed by atoms with E-state index in [9.17, 15) is 5.11 Å². The molecule has 0 aromatic rings. The summed E-state index contributed by atoms with van der Waals surface area (Å²) in [7, 11) is 0. The first kappa shape index (κ1) is 13.1. The lowest BCUT2D eigenvalue weighted by molar-refractivity contribution is -0.0548. The van der Waals surface area contributed by atoms with Crippen LogP contribution in [-0.2, 0) is 0 Å². The van der Waals surface area contributed by atoms with Gasteiger partial charge in [0.2, 0.25) is 0 Å². The van der Waals surface area contributed by atoms with Crippen LogP contribution in [0.5, 0.6) is 0 Å². The van der Waals surface area contributed by atoms with Crippen LogP contribution < -0.4 is 0 Å². The predicted molar refractivity (Wildman–Crippen MR) is 72.8 cm³/mol. The third kappa shape index (κ3) is 1.87. The van der Waals surface area contributed by atoms with Gasteiger partial charge in [-0.25, -0.2) is 0 Å². The summed E-state index contributed by atoms with van der Waals surface area (Å²) >= 11 is 0. The molecule has 2 aliphatic rings. The van der Waals surface area contributed by atoms with E-state index in [1.54, 1.807) is 5.57 Å². The van der Waals surface area contributed by atoms with Crippen LogP contribution in [0.15, 0.2) is 11.6 Å². The first-order chi connectivity index (χ1) is 7.95. The number of rotatable bonds is 2. The third-order valence-corrected chi connectivity index (χ3v) is 6.24. The van der Waals surface area contributed by atoms with Gasteiger partial charge in [0.15, 0.2) is 0 Å². The molecular weight excluding hydrogens is 208 g/mol. The molecule has 0 saturated heterocycles. The summed E-state index contributed by atoms with van der Waals surface area (Å²) in [6.45, 7) is 9.94. The Labute approximate surface area is 106 Å². The van der Waals surface area contributed by atoms with Crippen molar-refractivity contribution in [3.8, 4) is 0 Å². The molecule has 98 valence electrons. The zero-order valence-electron chi connectivity index (χ0n) is 11.9. The van der Waals surface area contributed by atoms with E-state index in [1.165, 1.54) is 25.7 Å². The number of hydrogen-bond donors (Lipinski definition) is 1. The van der Waals surface area contributed by atoms with E-state index in [1.807, 2.05) is 0 Å². The van der Waals surface area contributed by atoms with Gasteiger partial charge in [-0.05, 0) is 61.7 Å². The van der Waals surface area contributed by atoms with Gasteiger partial charge in [0.25, 0.3) is 0 Å². The van der Waals surface area contributed by atoms with Crippen molar-refractivity contribution in [2.75, 3.05) is 6.61 Å². The first-order valence-corrected chi connectivity index (χ1v) is 7.23. The SMILES string of the molecule is CC1=CCC[C@@H]2[C@@](C)(CCO)[C@@H](C)CC[C@@]12C. The minimum Gasteiger partial charge on any atom is -0.396 e. The van der Waals surface area contributed by atoms with Gasteiger partial charge < -0.3 is 5.11 Å². The molecule has 0 heterocycles. The maximum absolute atomic E-state index is 9.43. The van der Waals surface area contributed by atoms with Crippen molar-refractivity contribution in [1.82, 2.24) is 0 Å². The Bertz CT molecular complexity index is 319. The Morgan fingerprint density at radius 1 is 1.35 bits per heavy atom. The molecule has 0 spiro atoms. The molecule has 1 fully saturated rings. The van der Waals surface area contributed by atoms with E-state index in [4.69, 9.17) is 0 Å². The monoisotopic (exact) mass is 236 g/mol. The molecule has 0 amide bonds. The Balaban J connectivity index is 2.37. The molecule has 0 radical (unpaired) electrons. The Morgan fingerprint density at radius 3 is 2.71 bits per heavy atom. The van der Waals surface area contributed by atoms with Gasteiger partial charge in [-0.1, -0.05) is 32.4 Å². The Hall–Kier alpha value is -0.300. The van der Waals surface area contributed by atoms with Gasteiger partial charge in [0.1, 0.15) is 0 Å². The highest BCUT2D eigenvalue weighted by Crippen LogP contribution is 2.61. The van der Waals surface area contributed by atoms with Crippen LogP contribution in [-0.4, -0.2) is 11.7 Å². The summed E-state index contributed by atoms with van der Waals surface area (Å²) < 4.78 is 0. The summed E-state index contributed by atoms with van der Waals surface area (Å²) in [6, 6.07) is 0. The van der Waals surface area contributed by atoms with Crippen molar-refractivity contribution >= 4 is 0 Å². The predicted octanol–water partition coefficient (Wildman–Crippen LogP) is 4.17. The highest BCUT2D eigenvalue weighted by molar-refractivity contribution is 5.20. The lowest BCUT2D eigenvalue weighted by Crippen LogP contribution is -2.50. The third-order valence-electron chi connectivity index (χ3n) is 6.24. The molecule has 0 aliphatic heterocycles. The highest BCUT2D eigenvalue weighted by atomic mass is 16.3. The minimum absolute atomic E-state index is 0.331. The summed E-state index contributed by atoms with van der Waals surface area (Å²) in [4.78, 5) is 0. The number of aliphatic hydroxyl groups is 1. The van der Waals surface area contributed by atoms with Crippen LogP contribution in [0.2, 0.25) is 0 Å². The molecule has 4 atom stereocenters. The van der Waals surface area contributed by atoms with Crippen LogP contribution in [0.25, 0.3) is 0 Å². The van der Waals surface area contributed by atoms with E-state index in [0.717, 1.165) is 18.3 Å². The fraction of sp³-hybridized carbons (Fsp3) is 0.875. The molecule has 0 bridgehead atoms. The van der Waals surface area contributed by atoms with Crippen molar-refractivity contribution in [3.63, 3.8) is 0 Å². The molecule has 1 saturated carbocycles. The first-order valence-electron chi connectivity index (χ1n) is 7.23. The molecule has 17 heavy (non-hydrogen) atoms. The summed E-state index contributed by atoms with van der Waals surface area (Å²) in [6.07, 6.45) is 8.62. The van der Waals surface area contributed by atoms with Gasteiger partial charge in [0.05, 0.1) is 0 Å². The summed E-state index contributed by atoms with van der Waals surface area (Å²) in [5, 5.41) is 9.43. The van der Waals surface area contributed by atoms with Crippen LogP contribution in [0.4, 0.5) is 0 Å². The van der Waals surface area contributed by atoms with E-state index in [2.05, 4.69) is 33.8 Å². The molecular formula is C16H28O. The van der Waals surface area contributed by atoms with Crippen LogP contribution in [0.1, 0.15) is 59.8 Å². The fourth-order valence-corrected chi connectivity index (χ4v) is 4.57. The molecule has 1 heteroatoms. The quantitative estimate of drug-likeness (QED) is 0.714. The zero-order valence-corrected chi connectivity index (χ0v) is 11.9. The normalized spacial score (nSPS) is 46.3. The maximum Gasteiger partial charge on any atom is 0.0436 e. The molecule has 1 nitrogen and oxygen atoms in total. The topological polar surface area (TPSA) is 20.2 Å². The number of allylic oxidation sites excluding steroid dienone is 2. The number of aliphatic hydroxyl groups excluding tert-OH is 1. The van der Waals surface area contributed by atoms with Crippen molar-refractivity contribution in [1.29, 1.82) is 0 Å². The van der Waals surface area contributed by atoms with Crippen LogP contribution >= 0.6 is 0 Å². The largest absolute Gasteiger partial charge is 0.396 e. The average Bonchev–Trinajstić information content (AvgIpc) is 2.28. The van der Waals surface area contributed by atoms with Crippen molar-refractivity contribution in [3.05, 3.63) is 11.6 Å². The summed E-state index contributed by atoms with van der Waals surface area (Å²) in [5.74, 6) is 1.51. The molecule has 0 aromatic carbocycles. The van der Waals surface area contributed by atoms with Gasteiger partial charge in [0, 0.05) is 6.61 Å². The smallest absolute Gasteiger partial charge is 0.0436 e. The maximum atomic E-state index is 9.43. The van der Waals surface area contributed by atoms with Gasteiger partial charge in [-0.15, -0.1) is 0 Å². The fourth-order valence-electron chi connectivity index (χ4n) is 4.57. The molecule has 0 unspecified atom stereocenters. The zero-order chi connectivity index (χ0) is 12.7. The van der Waals surface area contributed by atoms with Gasteiger partial charge in [-0.3, -0.25) is 0 Å². The van der Waals surface area contributed by atoms with Crippen molar-refractivity contribution < 1.29 is 5.11 Å². The second kappa shape index (κ2) is 4.42. The van der Waals surface area contributed by atoms with Crippen molar-refractivity contribution in [2.45, 2.75) is 59.8 Å². The number of hydrogen-bond acceptors (Lipinski definition) is 1. The molecule has 0 aromatic heterocycles. The van der Waals surface area contributed by atoms with Gasteiger partial charge >= 0.3 is 0 Å². The van der Waals surface area contributed by atoms with Crippen LogP contribution in [0.3, 0.4) is 0 Å². The molecule has 2 rings (SSSR count). The van der Waals surface area contributed by atoms with Gasteiger partial charge in [-0.2, -0.15) is 0 Å². The van der Waals surface area contributed by atoms with E-state index in [-0.39, 0.29) is 0 Å². The standard InChI is InChI=1S/C16H28O/c1-12-6-5-7-14-15(12,3)9-8-13(2)16(14,4)10-11-17/h6,13-14,17H,5,7-11H2,1-4H3/t13-,14-,15-,16-/m0/s1. The second-order valence-corrected chi connectivity index (χ2v) is 6.85. The number of fused-ring (bicyclic) bond motifs is 1. The lowest BCUT2D eigenvalue weighted by atomic mass is 9.47. The highest BCUT2D eigenvalue weighted by Gasteiger charge is 2.52. The Morgan fingerprint density at radius 2 is 2.06 bits per heavy atom.